The number of anilines is 1. The van der Waals surface area contributed by atoms with E-state index in [9.17, 15) is 13.2 Å². The number of thiazole rings is 1. The van der Waals surface area contributed by atoms with Gasteiger partial charge < -0.3 is 5.32 Å². The Labute approximate surface area is 168 Å². The first-order valence-electron chi connectivity index (χ1n) is 7.70. The number of halogens is 1. The zero-order valence-corrected chi connectivity index (χ0v) is 17.8. The minimum Gasteiger partial charge on any atom is -0.302 e. The van der Waals surface area contributed by atoms with E-state index in [4.69, 9.17) is 0 Å². The summed E-state index contributed by atoms with van der Waals surface area (Å²) in [6.45, 7) is 1.61. The van der Waals surface area contributed by atoms with Crippen LogP contribution in [0.2, 0.25) is 0 Å². The minimum absolute atomic E-state index is 0.0556. The quantitative estimate of drug-likeness (QED) is 0.570. The number of thiophene rings is 1. The SMILES string of the molecule is CCS(=O)(=O)c1ccc(CC(=O)Nc2nc(-c3ccc(Br)s3)cs2)cc1. The van der Waals surface area contributed by atoms with Gasteiger partial charge in [0, 0.05) is 5.38 Å². The number of sulfone groups is 1. The normalized spacial score (nSPS) is 11.5. The van der Waals surface area contributed by atoms with Gasteiger partial charge in [0.15, 0.2) is 15.0 Å². The predicted molar refractivity (Wildman–Crippen MR) is 110 cm³/mol. The van der Waals surface area contributed by atoms with Gasteiger partial charge in [-0.1, -0.05) is 19.1 Å². The number of hydrogen-bond donors (Lipinski definition) is 1. The average Bonchev–Trinajstić information content (AvgIpc) is 3.24. The Morgan fingerprint density at radius 3 is 2.54 bits per heavy atom. The van der Waals surface area contributed by atoms with Crippen molar-refractivity contribution in [3.63, 3.8) is 0 Å². The van der Waals surface area contributed by atoms with Crippen molar-refractivity contribution in [3.8, 4) is 10.6 Å². The van der Waals surface area contributed by atoms with Gasteiger partial charge in [-0.3, -0.25) is 4.79 Å². The van der Waals surface area contributed by atoms with Crippen molar-refractivity contribution in [1.29, 1.82) is 0 Å². The lowest BCUT2D eigenvalue weighted by atomic mass is 10.1. The molecule has 26 heavy (non-hydrogen) atoms. The molecule has 0 aliphatic rings. The molecule has 1 N–H and O–H groups in total. The van der Waals surface area contributed by atoms with Crippen molar-refractivity contribution in [3.05, 3.63) is 51.1 Å². The summed E-state index contributed by atoms with van der Waals surface area (Å²) in [5.41, 5.74) is 1.58. The molecule has 0 radical (unpaired) electrons. The molecule has 0 bridgehead atoms. The molecule has 2 heterocycles. The number of amides is 1. The standard InChI is InChI=1S/C17H15BrN2O3S3/c1-2-26(22,23)12-5-3-11(4-6-12)9-16(21)20-17-19-13(10-24-17)14-7-8-15(18)25-14/h3-8,10H,2,9H2,1H3,(H,19,20,21). The molecule has 3 rings (SSSR count). The van der Waals surface area contributed by atoms with E-state index in [1.807, 2.05) is 17.5 Å². The van der Waals surface area contributed by atoms with Crippen molar-refractivity contribution < 1.29 is 13.2 Å². The predicted octanol–water partition coefficient (Wildman–Crippen LogP) is 4.61. The highest BCUT2D eigenvalue weighted by molar-refractivity contribution is 9.11. The Morgan fingerprint density at radius 2 is 1.92 bits per heavy atom. The van der Waals surface area contributed by atoms with E-state index in [0.29, 0.717) is 5.13 Å². The lowest BCUT2D eigenvalue weighted by Crippen LogP contribution is -2.14. The van der Waals surface area contributed by atoms with E-state index in [1.165, 1.54) is 23.5 Å². The molecule has 0 unspecified atom stereocenters. The molecular weight excluding hydrogens is 456 g/mol. The van der Waals surface area contributed by atoms with Crippen LogP contribution in [0.3, 0.4) is 0 Å². The van der Waals surface area contributed by atoms with Crippen LogP contribution < -0.4 is 5.32 Å². The molecule has 5 nitrogen and oxygen atoms in total. The number of carbonyl (C=O) groups is 1. The Kier molecular flexibility index (Phi) is 5.91. The number of nitrogens with zero attached hydrogens (tertiary/aromatic N) is 1. The van der Waals surface area contributed by atoms with Crippen molar-refractivity contribution in [1.82, 2.24) is 4.98 Å². The zero-order chi connectivity index (χ0) is 18.7. The molecule has 3 aromatic rings. The van der Waals surface area contributed by atoms with Gasteiger partial charge in [0.05, 0.1) is 31.4 Å². The third-order valence-corrected chi connectivity index (χ3v) is 7.76. The van der Waals surface area contributed by atoms with E-state index < -0.39 is 9.84 Å². The van der Waals surface area contributed by atoms with Gasteiger partial charge in [-0.15, -0.1) is 22.7 Å². The van der Waals surface area contributed by atoms with Crippen LogP contribution >= 0.6 is 38.6 Å². The van der Waals surface area contributed by atoms with Gasteiger partial charge in [0.25, 0.3) is 0 Å². The Bertz CT molecular complexity index is 1020. The molecule has 0 saturated heterocycles. The number of carbonyl (C=O) groups excluding carboxylic acids is 1. The highest BCUT2D eigenvalue weighted by atomic mass is 79.9. The summed E-state index contributed by atoms with van der Waals surface area (Å²) in [5, 5.41) is 5.23. The summed E-state index contributed by atoms with van der Waals surface area (Å²) in [5.74, 6) is -0.135. The van der Waals surface area contributed by atoms with Gasteiger partial charge in [-0.25, -0.2) is 13.4 Å². The molecule has 9 heteroatoms. The van der Waals surface area contributed by atoms with Crippen LogP contribution in [0.15, 0.2) is 50.5 Å². The van der Waals surface area contributed by atoms with E-state index in [2.05, 4.69) is 26.2 Å². The smallest absolute Gasteiger partial charge is 0.230 e. The number of benzene rings is 1. The molecule has 2 aromatic heterocycles. The van der Waals surface area contributed by atoms with Crippen molar-refractivity contribution in [2.24, 2.45) is 0 Å². The van der Waals surface area contributed by atoms with Crippen LogP contribution in [-0.4, -0.2) is 25.1 Å². The summed E-state index contributed by atoms with van der Waals surface area (Å²) in [7, 11) is -3.23. The molecule has 1 amide bonds. The summed E-state index contributed by atoms with van der Waals surface area (Å²) in [6, 6.07) is 10.3. The topological polar surface area (TPSA) is 76.1 Å². The summed E-state index contributed by atoms with van der Waals surface area (Å²) in [4.78, 5) is 17.9. The molecule has 0 aliphatic carbocycles. The van der Waals surface area contributed by atoms with E-state index in [-0.39, 0.29) is 23.0 Å². The molecule has 0 saturated carbocycles. The maximum absolute atomic E-state index is 12.2. The second-order valence-corrected chi connectivity index (χ2v) is 11.0. The van der Waals surface area contributed by atoms with Crippen LogP contribution in [0.25, 0.3) is 10.6 Å². The number of rotatable bonds is 6. The number of nitrogens with one attached hydrogen (secondary N) is 1. The van der Waals surface area contributed by atoms with Crippen LogP contribution in [0, 0.1) is 0 Å². The van der Waals surface area contributed by atoms with Crippen molar-refractivity contribution in [2.45, 2.75) is 18.2 Å². The Hall–Kier alpha value is -1.55. The fourth-order valence-electron chi connectivity index (χ4n) is 2.23. The highest BCUT2D eigenvalue weighted by Crippen LogP contribution is 2.33. The maximum Gasteiger partial charge on any atom is 0.230 e. The van der Waals surface area contributed by atoms with Crippen molar-refractivity contribution in [2.75, 3.05) is 11.1 Å². The minimum atomic E-state index is -3.23. The summed E-state index contributed by atoms with van der Waals surface area (Å²) >= 11 is 6.37. The fraction of sp³-hybridized carbons (Fsp3) is 0.176. The summed E-state index contributed by atoms with van der Waals surface area (Å²) < 4.78 is 24.6. The largest absolute Gasteiger partial charge is 0.302 e. The fourth-order valence-corrected chi connectivity index (χ4v) is 5.26. The molecule has 0 spiro atoms. The lowest BCUT2D eigenvalue weighted by molar-refractivity contribution is -0.115. The first-order valence-corrected chi connectivity index (χ1v) is 11.8. The van der Waals surface area contributed by atoms with Gasteiger partial charge >= 0.3 is 0 Å². The zero-order valence-electron chi connectivity index (χ0n) is 13.7. The van der Waals surface area contributed by atoms with E-state index >= 15 is 0 Å². The summed E-state index contributed by atoms with van der Waals surface area (Å²) in [6.07, 6.45) is 0.159. The van der Waals surface area contributed by atoms with Crippen LogP contribution in [0.4, 0.5) is 5.13 Å². The number of hydrogen-bond acceptors (Lipinski definition) is 6. The van der Waals surface area contributed by atoms with Gasteiger partial charge in [0.2, 0.25) is 5.91 Å². The third kappa shape index (κ3) is 4.59. The molecule has 0 aliphatic heterocycles. The number of aromatic nitrogens is 1. The molecular formula is C17H15BrN2O3S3. The van der Waals surface area contributed by atoms with E-state index in [1.54, 1.807) is 30.4 Å². The first kappa shape index (κ1) is 19.2. The van der Waals surface area contributed by atoms with Crippen LogP contribution in [-0.2, 0) is 21.1 Å². The van der Waals surface area contributed by atoms with Crippen LogP contribution in [0.5, 0.6) is 0 Å². The Morgan fingerprint density at radius 1 is 1.19 bits per heavy atom. The molecule has 1 aromatic carbocycles. The van der Waals surface area contributed by atoms with Gasteiger partial charge in [-0.05, 0) is 45.8 Å². The van der Waals surface area contributed by atoms with Gasteiger partial charge in [0.1, 0.15) is 0 Å². The molecule has 0 atom stereocenters. The van der Waals surface area contributed by atoms with Crippen LogP contribution in [0.1, 0.15) is 12.5 Å². The lowest BCUT2D eigenvalue weighted by Gasteiger charge is -2.04. The second-order valence-electron chi connectivity index (χ2n) is 5.41. The van der Waals surface area contributed by atoms with E-state index in [0.717, 1.165) is 19.9 Å². The van der Waals surface area contributed by atoms with Gasteiger partial charge in [-0.2, -0.15) is 0 Å². The second kappa shape index (κ2) is 7.99. The Balaban J connectivity index is 1.63. The molecule has 0 fully saturated rings. The maximum atomic E-state index is 12.2. The molecule has 136 valence electrons. The highest BCUT2D eigenvalue weighted by Gasteiger charge is 2.13. The first-order chi connectivity index (χ1) is 12.4. The average molecular weight is 471 g/mol. The monoisotopic (exact) mass is 470 g/mol. The third-order valence-electron chi connectivity index (χ3n) is 3.60. The van der Waals surface area contributed by atoms with Crippen molar-refractivity contribution >= 4 is 59.5 Å².